The molecular weight excluding hydrogens is 470 g/mol. The first kappa shape index (κ1) is 25.8. The molecule has 2 amide bonds. The van der Waals surface area contributed by atoms with Crippen molar-refractivity contribution in [3.8, 4) is 17.2 Å². The smallest absolute Gasteiger partial charge is 0.254 e. The van der Waals surface area contributed by atoms with Crippen LogP contribution in [0.1, 0.15) is 34.3 Å². The molecule has 0 aromatic heterocycles. The minimum atomic E-state index is -0.199. The second-order valence-corrected chi connectivity index (χ2v) is 8.75. The lowest BCUT2D eigenvalue weighted by atomic mass is 9.95. The van der Waals surface area contributed by atoms with Crippen molar-refractivity contribution in [2.45, 2.75) is 19.4 Å². The SMILES string of the molecule is COc1cc(OC)cc(C(=O)N2CCC(C(=O)N/N=C/c3ccc(OCc4ccccc4)cc3)CC2)c1. The fourth-order valence-electron chi connectivity index (χ4n) is 4.11. The fraction of sp³-hybridized carbons (Fsp3) is 0.276. The minimum Gasteiger partial charge on any atom is -0.497 e. The molecule has 1 saturated heterocycles. The van der Waals surface area contributed by atoms with Crippen molar-refractivity contribution in [2.75, 3.05) is 27.3 Å². The van der Waals surface area contributed by atoms with E-state index in [2.05, 4.69) is 10.5 Å². The number of carbonyl (C=O) groups excluding carboxylic acids is 2. The summed E-state index contributed by atoms with van der Waals surface area (Å²) in [5.41, 5.74) is 5.08. The number of benzene rings is 3. The lowest BCUT2D eigenvalue weighted by molar-refractivity contribution is -0.126. The van der Waals surface area contributed by atoms with E-state index in [1.54, 1.807) is 43.5 Å². The number of hydrogen-bond donors (Lipinski definition) is 1. The van der Waals surface area contributed by atoms with Crippen LogP contribution in [0.2, 0.25) is 0 Å². The summed E-state index contributed by atoms with van der Waals surface area (Å²) in [6.07, 6.45) is 2.75. The van der Waals surface area contributed by atoms with Crippen molar-refractivity contribution in [3.05, 3.63) is 89.5 Å². The van der Waals surface area contributed by atoms with Crippen LogP contribution < -0.4 is 19.6 Å². The largest absolute Gasteiger partial charge is 0.497 e. The number of ether oxygens (including phenoxy) is 3. The van der Waals surface area contributed by atoms with Crippen molar-refractivity contribution in [3.63, 3.8) is 0 Å². The Balaban J connectivity index is 1.23. The highest BCUT2D eigenvalue weighted by Crippen LogP contribution is 2.25. The van der Waals surface area contributed by atoms with Gasteiger partial charge in [0.05, 0.1) is 20.4 Å². The van der Waals surface area contributed by atoms with Crippen molar-refractivity contribution in [1.82, 2.24) is 10.3 Å². The molecule has 4 rings (SSSR count). The topological polar surface area (TPSA) is 89.5 Å². The van der Waals surface area contributed by atoms with Crippen molar-refractivity contribution in [1.29, 1.82) is 0 Å². The fourth-order valence-corrected chi connectivity index (χ4v) is 4.11. The third kappa shape index (κ3) is 7.10. The van der Waals surface area contributed by atoms with Gasteiger partial charge in [0.1, 0.15) is 23.9 Å². The molecule has 0 bridgehead atoms. The molecule has 0 saturated carbocycles. The van der Waals surface area contributed by atoms with Crippen LogP contribution in [0.25, 0.3) is 0 Å². The number of nitrogens with zero attached hydrogens (tertiary/aromatic N) is 2. The second kappa shape index (κ2) is 12.6. The third-order valence-electron chi connectivity index (χ3n) is 6.27. The number of nitrogens with one attached hydrogen (secondary N) is 1. The van der Waals surface area contributed by atoms with Gasteiger partial charge in [-0.2, -0.15) is 5.10 Å². The number of hydrogen-bond acceptors (Lipinski definition) is 6. The number of amides is 2. The van der Waals surface area contributed by atoms with Gasteiger partial charge in [0, 0.05) is 30.6 Å². The first-order chi connectivity index (χ1) is 18.1. The zero-order valence-corrected chi connectivity index (χ0v) is 21.1. The van der Waals surface area contributed by atoms with Crippen LogP contribution in [0.5, 0.6) is 17.2 Å². The first-order valence-electron chi connectivity index (χ1n) is 12.2. The van der Waals surface area contributed by atoms with E-state index < -0.39 is 0 Å². The highest BCUT2D eigenvalue weighted by atomic mass is 16.5. The zero-order valence-electron chi connectivity index (χ0n) is 21.1. The molecule has 0 atom stereocenters. The van der Waals surface area contributed by atoms with Crippen LogP contribution in [0.15, 0.2) is 77.9 Å². The van der Waals surface area contributed by atoms with Gasteiger partial charge in [0.25, 0.3) is 5.91 Å². The molecule has 8 heteroatoms. The number of piperidine rings is 1. The average molecular weight is 502 g/mol. The van der Waals surface area contributed by atoms with Crippen molar-refractivity contribution < 1.29 is 23.8 Å². The molecule has 0 spiro atoms. The van der Waals surface area contributed by atoms with Crippen LogP contribution in [0.3, 0.4) is 0 Å². The second-order valence-electron chi connectivity index (χ2n) is 8.75. The van der Waals surface area contributed by atoms with Gasteiger partial charge in [0.15, 0.2) is 0 Å². The molecule has 0 unspecified atom stereocenters. The van der Waals surface area contributed by atoms with Crippen molar-refractivity contribution >= 4 is 18.0 Å². The summed E-state index contributed by atoms with van der Waals surface area (Å²) in [6, 6.07) is 22.6. The Labute approximate surface area is 216 Å². The molecule has 1 heterocycles. The van der Waals surface area contributed by atoms with Crippen molar-refractivity contribution in [2.24, 2.45) is 11.0 Å². The summed E-state index contributed by atoms with van der Waals surface area (Å²) >= 11 is 0. The summed E-state index contributed by atoms with van der Waals surface area (Å²) in [5, 5.41) is 4.11. The molecule has 3 aromatic carbocycles. The molecule has 8 nitrogen and oxygen atoms in total. The maximum absolute atomic E-state index is 13.0. The normalized spacial score (nSPS) is 13.8. The van der Waals surface area contributed by atoms with E-state index in [1.165, 1.54) is 0 Å². The lowest BCUT2D eigenvalue weighted by Gasteiger charge is -2.31. The van der Waals surface area contributed by atoms with Gasteiger partial charge < -0.3 is 19.1 Å². The molecule has 1 fully saturated rings. The molecule has 1 aliphatic rings. The van der Waals surface area contributed by atoms with E-state index in [4.69, 9.17) is 14.2 Å². The zero-order chi connectivity index (χ0) is 26.0. The Hall–Kier alpha value is -4.33. The van der Waals surface area contributed by atoms with Crippen LogP contribution in [-0.4, -0.2) is 50.2 Å². The van der Waals surface area contributed by atoms with E-state index in [-0.39, 0.29) is 17.7 Å². The Morgan fingerprint density at radius 2 is 1.57 bits per heavy atom. The lowest BCUT2D eigenvalue weighted by Crippen LogP contribution is -2.42. The summed E-state index contributed by atoms with van der Waals surface area (Å²) in [4.78, 5) is 27.3. The predicted octanol–water partition coefficient (Wildman–Crippen LogP) is 4.29. The monoisotopic (exact) mass is 501 g/mol. The Bertz CT molecular complexity index is 1200. The molecule has 3 aromatic rings. The molecular formula is C29H31N3O5. The molecule has 37 heavy (non-hydrogen) atoms. The van der Waals surface area contributed by atoms with Crippen LogP contribution in [0, 0.1) is 5.92 Å². The molecule has 1 N–H and O–H groups in total. The Kier molecular flexibility index (Phi) is 8.75. The summed E-state index contributed by atoms with van der Waals surface area (Å²) in [7, 11) is 3.10. The number of hydrazone groups is 1. The highest BCUT2D eigenvalue weighted by molar-refractivity contribution is 5.95. The van der Waals surface area contributed by atoms with Crippen LogP contribution in [-0.2, 0) is 11.4 Å². The first-order valence-corrected chi connectivity index (χ1v) is 12.2. The minimum absolute atomic E-state index is 0.106. The third-order valence-corrected chi connectivity index (χ3v) is 6.27. The van der Waals surface area contributed by atoms with E-state index >= 15 is 0 Å². The molecule has 1 aliphatic heterocycles. The van der Waals surface area contributed by atoms with Crippen LogP contribution >= 0.6 is 0 Å². The van der Waals surface area contributed by atoms with Gasteiger partial charge in [-0.1, -0.05) is 30.3 Å². The maximum Gasteiger partial charge on any atom is 0.254 e. The van der Waals surface area contributed by atoms with E-state index in [1.807, 2.05) is 54.6 Å². The maximum atomic E-state index is 13.0. The summed E-state index contributed by atoms with van der Waals surface area (Å²) in [6.45, 7) is 1.48. The van der Waals surface area contributed by atoms with Crippen LogP contribution in [0.4, 0.5) is 0 Å². The molecule has 0 aliphatic carbocycles. The number of methoxy groups -OCH3 is 2. The quantitative estimate of drug-likeness (QED) is 0.349. The number of likely N-dealkylation sites (tertiary alicyclic amines) is 1. The standard InChI is InChI=1S/C29H31N3O5/c1-35-26-16-24(17-27(18-26)36-2)29(34)32-14-12-23(13-15-32)28(33)31-30-19-21-8-10-25(11-9-21)37-20-22-6-4-3-5-7-22/h3-11,16-19,23H,12-15,20H2,1-2H3,(H,31,33)/b30-19+. The molecule has 192 valence electrons. The van der Waals surface area contributed by atoms with E-state index in [9.17, 15) is 9.59 Å². The Morgan fingerprint density at radius 3 is 2.19 bits per heavy atom. The van der Waals surface area contributed by atoms with Gasteiger partial charge in [-0.25, -0.2) is 5.43 Å². The highest BCUT2D eigenvalue weighted by Gasteiger charge is 2.28. The van der Waals surface area contributed by atoms with Gasteiger partial charge >= 0.3 is 0 Å². The van der Waals surface area contributed by atoms with E-state index in [0.717, 1.165) is 16.9 Å². The number of rotatable bonds is 9. The van der Waals surface area contributed by atoms with Gasteiger partial charge in [-0.3, -0.25) is 9.59 Å². The average Bonchev–Trinajstić information content (AvgIpc) is 2.96. The summed E-state index contributed by atoms with van der Waals surface area (Å²) in [5.74, 6) is 1.43. The number of carbonyl (C=O) groups is 2. The Morgan fingerprint density at radius 1 is 0.919 bits per heavy atom. The van der Waals surface area contributed by atoms with Gasteiger partial charge in [-0.05, 0) is 60.4 Å². The summed E-state index contributed by atoms with van der Waals surface area (Å²) < 4.78 is 16.3. The van der Waals surface area contributed by atoms with Gasteiger partial charge in [0.2, 0.25) is 5.91 Å². The van der Waals surface area contributed by atoms with Gasteiger partial charge in [-0.15, -0.1) is 0 Å². The predicted molar refractivity (Wildman–Crippen MR) is 141 cm³/mol. The molecule has 0 radical (unpaired) electrons. The van der Waals surface area contributed by atoms with E-state index in [0.29, 0.717) is 49.6 Å².